The van der Waals surface area contributed by atoms with Crippen LogP contribution in [0.2, 0.25) is 0 Å². The Balaban J connectivity index is 1.70. The van der Waals surface area contributed by atoms with E-state index in [1.165, 1.54) is 11.3 Å². The summed E-state index contributed by atoms with van der Waals surface area (Å²) in [5, 5.41) is 14.8. The molecule has 1 aliphatic rings. The number of carbonyl (C=O) groups is 1. The molecule has 132 valence electrons. The molecule has 1 fully saturated rings. The third-order valence-electron chi connectivity index (χ3n) is 4.73. The van der Waals surface area contributed by atoms with Gasteiger partial charge in [0.2, 0.25) is 0 Å². The van der Waals surface area contributed by atoms with Crippen LogP contribution in [0.15, 0.2) is 60.7 Å². The molecule has 0 saturated heterocycles. The summed E-state index contributed by atoms with van der Waals surface area (Å²) in [6.07, 6.45) is 2.33. The van der Waals surface area contributed by atoms with E-state index < -0.39 is 11.5 Å². The minimum absolute atomic E-state index is 0.494. The van der Waals surface area contributed by atoms with E-state index in [0.29, 0.717) is 22.2 Å². The third-order valence-corrected chi connectivity index (χ3v) is 5.63. The number of aromatic nitrogens is 1. The van der Waals surface area contributed by atoms with Crippen LogP contribution in [0.4, 0.5) is 5.13 Å². The van der Waals surface area contributed by atoms with Crippen molar-refractivity contribution >= 4 is 22.4 Å². The summed E-state index contributed by atoms with van der Waals surface area (Å²) in [6, 6.07) is 18.0. The molecule has 4 rings (SSSR count). The first-order valence-corrected chi connectivity index (χ1v) is 9.53. The van der Waals surface area contributed by atoms with Gasteiger partial charge in [-0.25, -0.2) is 4.98 Å². The second-order valence-electron chi connectivity index (χ2n) is 6.63. The molecular weight excluding hydrogens is 344 g/mol. The fourth-order valence-electron chi connectivity index (χ4n) is 3.17. The molecule has 1 amide bonds. The molecule has 0 spiro atoms. The van der Waals surface area contributed by atoms with Crippen molar-refractivity contribution in [2.75, 3.05) is 5.32 Å². The lowest BCUT2D eigenvalue weighted by molar-refractivity contribution is -0.131. The molecular formula is C21H20N2O2S. The molecule has 0 atom stereocenters. The second kappa shape index (κ2) is 6.67. The molecule has 2 aromatic carbocycles. The Kier molecular flexibility index (Phi) is 4.34. The first-order valence-electron chi connectivity index (χ1n) is 8.71. The molecule has 0 radical (unpaired) electrons. The van der Waals surface area contributed by atoms with Gasteiger partial charge in [-0.2, -0.15) is 0 Å². The maximum atomic E-state index is 13.1. The highest BCUT2D eigenvalue weighted by Crippen LogP contribution is 2.43. The lowest BCUT2D eigenvalue weighted by Gasteiger charge is -2.27. The van der Waals surface area contributed by atoms with E-state index in [2.05, 4.69) is 10.3 Å². The number of hydrogen-bond donors (Lipinski definition) is 2. The summed E-state index contributed by atoms with van der Waals surface area (Å²) in [5.41, 5.74) is 0.356. The van der Waals surface area contributed by atoms with Gasteiger partial charge in [-0.1, -0.05) is 60.7 Å². The van der Waals surface area contributed by atoms with Crippen LogP contribution in [0.25, 0.3) is 0 Å². The Morgan fingerprint density at radius 1 is 1.08 bits per heavy atom. The Hall–Kier alpha value is -2.50. The van der Waals surface area contributed by atoms with Gasteiger partial charge in [0.25, 0.3) is 5.91 Å². The zero-order valence-electron chi connectivity index (χ0n) is 14.5. The minimum Gasteiger partial charge on any atom is -0.372 e. The third kappa shape index (κ3) is 3.04. The molecule has 26 heavy (non-hydrogen) atoms. The number of nitrogens with one attached hydrogen (secondary N) is 1. The van der Waals surface area contributed by atoms with E-state index in [1.807, 2.05) is 43.3 Å². The lowest BCUT2D eigenvalue weighted by Crippen LogP contribution is -2.41. The first kappa shape index (κ1) is 16.9. The molecule has 4 nitrogen and oxygen atoms in total. The van der Waals surface area contributed by atoms with Gasteiger partial charge >= 0.3 is 0 Å². The number of amides is 1. The SMILES string of the molecule is Cc1sc(NC(=O)C(O)(c2ccccc2)c2ccccc2)nc1C1CC1. The van der Waals surface area contributed by atoms with Gasteiger partial charge in [0.15, 0.2) is 10.7 Å². The number of aliphatic hydroxyl groups is 1. The number of thiazole rings is 1. The van der Waals surface area contributed by atoms with Gasteiger partial charge in [-0.05, 0) is 30.9 Å². The van der Waals surface area contributed by atoms with Crippen LogP contribution < -0.4 is 5.32 Å². The van der Waals surface area contributed by atoms with Crippen molar-refractivity contribution in [1.29, 1.82) is 0 Å². The predicted molar refractivity (Wildman–Crippen MR) is 103 cm³/mol. The molecule has 1 saturated carbocycles. The summed E-state index contributed by atoms with van der Waals surface area (Å²) < 4.78 is 0. The van der Waals surface area contributed by atoms with Crippen molar-refractivity contribution in [3.63, 3.8) is 0 Å². The molecule has 2 N–H and O–H groups in total. The standard InChI is InChI=1S/C21H20N2O2S/c1-14-18(15-12-13-15)22-20(26-14)23-19(24)21(25,16-8-4-2-5-9-16)17-10-6-3-7-11-17/h2-11,15,25H,12-13H2,1H3,(H,22,23,24). The topological polar surface area (TPSA) is 62.2 Å². The summed E-state index contributed by atoms with van der Waals surface area (Å²) in [6.45, 7) is 2.03. The highest BCUT2D eigenvalue weighted by atomic mass is 32.1. The molecule has 1 aromatic heterocycles. The van der Waals surface area contributed by atoms with E-state index in [4.69, 9.17) is 0 Å². The first-order chi connectivity index (χ1) is 12.6. The van der Waals surface area contributed by atoms with Crippen molar-refractivity contribution < 1.29 is 9.90 Å². The van der Waals surface area contributed by atoms with Crippen LogP contribution in [0, 0.1) is 6.92 Å². The summed E-state index contributed by atoms with van der Waals surface area (Å²) in [7, 11) is 0. The largest absolute Gasteiger partial charge is 0.372 e. The van der Waals surface area contributed by atoms with Gasteiger partial charge in [0, 0.05) is 10.8 Å². The average Bonchev–Trinajstić information content (AvgIpc) is 3.45. The molecule has 3 aromatic rings. The molecule has 1 heterocycles. The predicted octanol–water partition coefficient (Wildman–Crippen LogP) is 4.20. The van der Waals surface area contributed by atoms with E-state index in [0.717, 1.165) is 23.4 Å². The van der Waals surface area contributed by atoms with Gasteiger partial charge in [0.05, 0.1) is 5.69 Å². The van der Waals surface area contributed by atoms with Gasteiger partial charge in [0.1, 0.15) is 0 Å². The fourth-order valence-corrected chi connectivity index (χ4v) is 4.07. The molecule has 1 aliphatic carbocycles. The van der Waals surface area contributed by atoms with Crippen LogP contribution in [0.5, 0.6) is 0 Å². The van der Waals surface area contributed by atoms with Gasteiger partial charge in [-0.3, -0.25) is 10.1 Å². The fraction of sp³-hybridized carbons (Fsp3) is 0.238. The number of rotatable bonds is 5. The molecule has 0 bridgehead atoms. The number of anilines is 1. The van der Waals surface area contributed by atoms with E-state index in [1.54, 1.807) is 24.3 Å². The number of aryl methyl sites for hydroxylation is 1. The van der Waals surface area contributed by atoms with Crippen molar-refractivity contribution in [1.82, 2.24) is 4.98 Å². The van der Waals surface area contributed by atoms with Crippen molar-refractivity contribution in [2.24, 2.45) is 0 Å². The zero-order chi connectivity index (χ0) is 18.1. The number of carbonyl (C=O) groups excluding carboxylic acids is 1. The molecule has 0 aliphatic heterocycles. The quantitative estimate of drug-likeness (QED) is 0.713. The van der Waals surface area contributed by atoms with Crippen molar-refractivity contribution in [3.05, 3.63) is 82.4 Å². The Morgan fingerprint density at radius 2 is 1.62 bits per heavy atom. The normalized spacial score (nSPS) is 14.2. The van der Waals surface area contributed by atoms with Crippen molar-refractivity contribution in [3.8, 4) is 0 Å². The number of nitrogens with zero attached hydrogens (tertiary/aromatic N) is 1. The lowest BCUT2D eigenvalue weighted by atomic mass is 9.85. The van der Waals surface area contributed by atoms with Crippen LogP contribution in [-0.2, 0) is 10.4 Å². The van der Waals surface area contributed by atoms with Crippen LogP contribution in [-0.4, -0.2) is 16.0 Å². The van der Waals surface area contributed by atoms with E-state index >= 15 is 0 Å². The number of hydrogen-bond acceptors (Lipinski definition) is 4. The van der Waals surface area contributed by atoms with E-state index in [-0.39, 0.29) is 0 Å². The molecule has 0 unspecified atom stereocenters. The zero-order valence-corrected chi connectivity index (χ0v) is 15.3. The maximum Gasteiger partial charge on any atom is 0.267 e. The average molecular weight is 364 g/mol. The Labute approximate surface area is 156 Å². The summed E-state index contributed by atoms with van der Waals surface area (Å²) in [4.78, 5) is 18.9. The minimum atomic E-state index is -1.78. The number of benzene rings is 2. The molecule has 5 heteroatoms. The Bertz CT molecular complexity index is 878. The summed E-state index contributed by atoms with van der Waals surface area (Å²) in [5.74, 6) is 0.0324. The Morgan fingerprint density at radius 3 is 2.12 bits per heavy atom. The second-order valence-corrected chi connectivity index (χ2v) is 7.83. The smallest absolute Gasteiger partial charge is 0.267 e. The highest BCUT2D eigenvalue weighted by Gasteiger charge is 2.40. The van der Waals surface area contributed by atoms with Gasteiger partial charge < -0.3 is 5.11 Å². The van der Waals surface area contributed by atoms with Crippen LogP contribution in [0.3, 0.4) is 0 Å². The maximum absolute atomic E-state index is 13.1. The van der Waals surface area contributed by atoms with Gasteiger partial charge in [-0.15, -0.1) is 11.3 Å². The van der Waals surface area contributed by atoms with Crippen LogP contribution in [0.1, 0.15) is 40.5 Å². The van der Waals surface area contributed by atoms with Crippen molar-refractivity contribution in [2.45, 2.75) is 31.3 Å². The summed E-state index contributed by atoms with van der Waals surface area (Å²) >= 11 is 1.46. The van der Waals surface area contributed by atoms with E-state index in [9.17, 15) is 9.90 Å². The highest BCUT2D eigenvalue weighted by molar-refractivity contribution is 7.15. The monoisotopic (exact) mass is 364 g/mol. The van der Waals surface area contributed by atoms with Crippen LogP contribution >= 0.6 is 11.3 Å².